The van der Waals surface area contributed by atoms with E-state index < -0.39 is 6.10 Å². The van der Waals surface area contributed by atoms with Gasteiger partial charge in [0.15, 0.2) is 0 Å². The molecule has 88 valence electrons. The molecule has 1 aromatic rings. The molecule has 0 aliphatic rings. The molecular formula is C13H24O2. The van der Waals surface area contributed by atoms with Gasteiger partial charge in [-0.2, -0.15) is 0 Å². The Morgan fingerprint density at radius 3 is 1.07 bits per heavy atom. The van der Waals surface area contributed by atoms with Crippen molar-refractivity contribution in [3.05, 3.63) is 36.4 Å². The summed E-state index contributed by atoms with van der Waals surface area (Å²) < 4.78 is 0. The van der Waals surface area contributed by atoms with Gasteiger partial charge >= 0.3 is 0 Å². The van der Waals surface area contributed by atoms with Gasteiger partial charge < -0.3 is 9.90 Å². The second kappa shape index (κ2) is 23.0. The molecule has 2 heteroatoms. The van der Waals surface area contributed by atoms with Gasteiger partial charge in [0, 0.05) is 0 Å². The Kier molecular flexibility index (Phi) is 29.8. The van der Waals surface area contributed by atoms with Crippen molar-refractivity contribution in [1.29, 1.82) is 0 Å². The van der Waals surface area contributed by atoms with Crippen molar-refractivity contribution in [2.45, 2.75) is 40.7 Å². The van der Waals surface area contributed by atoms with Crippen molar-refractivity contribution in [2.24, 2.45) is 0 Å². The fraction of sp³-hybridized carbons (Fsp3) is 0.462. The number of carbonyl (C=O) groups excluding carboxylic acids is 1. The lowest BCUT2D eigenvalue weighted by atomic mass is 10.4. The number of hydrogen-bond donors (Lipinski definition) is 1. The van der Waals surface area contributed by atoms with E-state index in [1.807, 2.05) is 64.1 Å². The molecule has 0 aromatic heterocycles. The van der Waals surface area contributed by atoms with E-state index in [2.05, 4.69) is 0 Å². The molecule has 0 saturated heterocycles. The van der Waals surface area contributed by atoms with Crippen LogP contribution in [0, 0.1) is 0 Å². The maximum atomic E-state index is 9.25. The molecule has 1 atom stereocenters. The average Bonchev–Trinajstić information content (AvgIpc) is 2.37. The standard InChI is InChI=1S/C6H6.C3H6O2.2C2H6/c1-2-4-6-5-3-1;1-3(5)2-4;2*1-2/h1-6H;2-3,5H,1H3;2*1-2H3. The average molecular weight is 212 g/mol. The van der Waals surface area contributed by atoms with Gasteiger partial charge in [-0.3, -0.25) is 0 Å². The van der Waals surface area contributed by atoms with Gasteiger partial charge in [0.2, 0.25) is 0 Å². The van der Waals surface area contributed by atoms with Crippen LogP contribution >= 0.6 is 0 Å². The van der Waals surface area contributed by atoms with Crippen molar-refractivity contribution >= 4 is 6.29 Å². The van der Waals surface area contributed by atoms with Crippen LogP contribution in [-0.4, -0.2) is 17.5 Å². The first-order valence-corrected chi connectivity index (χ1v) is 5.40. The fourth-order valence-corrected chi connectivity index (χ4v) is 0.385. The molecule has 1 N–H and O–H groups in total. The van der Waals surface area contributed by atoms with Gasteiger partial charge in [-0.15, -0.1) is 0 Å². The highest BCUT2D eigenvalue weighted by molar-refractivity contribution is 5.54. The van der Waals surface area contributed by atoms with E-state index in [0.29, 0.717) is 6.29 Å². The van der Waals surface area contributed by atoms with Crippen LogP contribution in [0.15, 0.2) is 36.4 Å². The number of benzene rings is 1. The van der Waals surface area contributed by atoms with E-state index in [0.717, 1.165) is 0 Å². The molecule has 1 aromatic carbocycles. The van der Waals surface area contributed by atoms with Crippen molar-refractivity contribution < 1.29 is 9.90 Å². The quantitative estimate of drug-likeness (QED) is 0.725. The third kappa shape index (κ3) is 32.2. The second-order valence-corrected chi connectivity index (χ2v) is 2.03. The minimum atomic E-state index is -0.796. The summed E-state index contributed by atoms with van der Waals surface area (Å²) in [5.74, 6) is 0. The van der Waals surface area contributed by atoms with E-state index in [1.54, 1.807) is 0 Å². The minimum absolute atomic E-state index is 0.472. The Morgan fingerprint density at radius 1 is 0.867 bits per heavy atom. The Hall–Kier alpha value is -1.15. The maximum Gasteiger partial charge on any atom is 0.148 e. The van der Waals surface area contributed by atoms with Crippen molar-refractivity contribution in [1.82, 2.24) is 0 Å². The molecule has 0 amide bonds. The highest BCUT2D eigenvalue weighted by Gasteiger charge is 1.81. The number of aliphatic hydroxyl groups excluding tert-OH is 1. The summed E-state index contributed by atoms with van der Waals surface area (Å²) in [6.45, 7) is 9.41. The molecule has 0 heterocycles. The van der Waals surface area contributed by atoms with Crippen LogP contribution in [0.4, 0.5) is 0 Å². The van der Waals surface area contributed by atoms with Gasteiger partial charge in [-0.25, -0.2) is 0 Å². The van der Waals surface area contributed by atoms with Crippen molar-refractivity contribution in [3.63, 3.8) is 0 Å². The van der Waals surface area contributed by atoms with E-state index in [-0.39, 0.29) is 0 Å². The van der Waals surface area contributed by atoms with Gasteiger partial charge in [-0.1, -0.05) is 64.1 Å². The number of rotatable bonds is 1. The zero-order chi connectivity index (χ0) is 12.5. The molecule has 0 aliphatic carbocycles. The molecular weight excluding hydrogens is 188 g/mol. The largest absolute Gasteiger partial charge is 0.386 e. The Bertz CT molecular complexity index is 144. The zero-order valence-corrected chi connectivity index (χ0v) is 10.5. The summed E-state index contributed by atoms with van der Waals surface area (Å²) in [6.07, 6.45) is -0.324. The predicted molar refractivity (Wildman–Crippen MR) is 66.9 cm³/mol. The topological polar surface area (TPSA) is 37.3 Å². The first-order chi connectivity index (χ1) is 7.27. The SMILES string of the molecule is CC.CC.CC(O)C=O.c1ccccc1. The maximum absolute atomic E-state index is 9.25. The Morgan fingerprint density at radius 2 is 1.00 bits per heavy atom. The molecule has 0 aliphatic heterocycles. The zero-order valence-electron chi connectivity index (χ0n) is 10.5. The Labute approximate surface area is 94.0 Å². The molecule has 0 bridgehead atoms. The molecule has 0 radical (unpaired) electrons. The molecule has 15 heavy (non-hydrogen) atoms. The summed E-state index contributed by atoms with van der Waals surface area (Å²) in [7, 11) is 0. The summed E-state index contributed by atoms with van der Waals surface area (Å²) in [5.41, 5.74) is 0. The molecule has 1 rings (SSSR count). The van der Waals surface area contributed by atoms with Crippen LogP contribution in [0.5, 0.6) is 0 Å². The fourth-order valence-electron chi connectivity index (χ4n) is 0.385. The van der Waals surface area contributed by atoms with Crippen LogP contribution < -0.4 is 0 Å². The van der Waals surface area contributed by atoms with Crippen molar-refractivity contribution in [2.75, 3.05) is 0 Å². The van der Waals surface area contributed by atoms with Crippen LogP contribution in [0.3, 0.4) is 0 Å². The van der Waals surface area contributed by atoms with Crippen molar-refractivity contribution in [3.8, 4) is 0 Å². The smallest absolute Gasteiger partial charge is 0.148 e. The third-order valence-corrected chi connectivity index (χ3v) is 0.864. The molecule has 0 spiro atoms. The summed E-state index contributed by atoms with van der Waals surface area (Å²) in [5, 5.41) is 7.99. The van der Waals surface area contributed by atoms with Gasteiger partial charge in [0.1, 0.15) is 12.4 Å². The lowest BCUT2D eigenvalue weighted by molar-refractivity contribution is -0.114. The lowest BCUT2D eigenvalue weighted by Crippen LogP contribution is -1.97. The van der Waals surface area contributed by atoms with Gasteiger partial charge in [0.05, 0.1) is 0 Å². The lowest BCUT2D eigenvalue weighted by Gasteiger charge is -1.79. The predicted octanol–water partition coefficient (Wildman–Crippen LogP) is 3.31. The van der Waals surface area contributed by atoms with E-state index in [4.69, 9.17) is 5.11 Å². The van der Waals surface area contributed by atoms with Crippen LogP contribution in [-0.2, 0) is 4.79 Å². The molecule has 0 fully saturated rings. The second-order valence-electron chi connectivity index (χ2n) is 2.03. The number of aldehydes is 1. The highest BCUT2D eigenvalue weighted by atomic mass is 16.3. The number of hydrogen-bond acceptors (Lipinski definition) is 2. The summed E-state index contributed by atoms with van der Waals surface area (Å²) in [6, 6.07) is 12.0. The highest BCUT2D eigenvalue weighted by Crippen LogP contribution is 1.79. The van der Waals surface area contributed by atoms with E-state index in [1.165, 1.54) is 6.92 Å². The van der Waals surface area contributed by atoms with Gasteiger partial charge in [0.25, 0.3) is 0 Å². The van der Waals surface area contributed by atoms with Crippen LogP contribution in [0.1, 0.15) is 34.6 Å². The first-order valence-electron chi connectivity index (χ1n) is 5.40. The molecule has 1 unspecified atom stereocenters. The van der Waals surface area contributed by atoms with Crippen LogP contribution in [0.25, 0.3) is 0 Å². The van der Waals surface area contributed by atoms with Gasteiger partial charge in [-0.05, 0) is 6.92 Å². The van der Waals surface area contributed by atoms with E-state index >= 15 is 0 Å². The normalized spacial score (nSPS) is 8.67. The number of aliphatic hydroxyl groups is 1. The third-order valence-electron chi connectivity index (χ3n) is 0.864. The Balaban J connectivity index is -0.000000146. The minimum Gasteiger partial charge on any atom is -0.386 e. The van der Waals surface area contributed by atoms with Crippen LogP contribution in [0.2, 0.25) is 0 Å². The monoisotopic (exact) mass is 212 g/mol. The first kappa shape index (κ1) is 19.4. The number of carbonyl (C=O) groups is 1. The van der Waals surface area contributed by atoms with E-state index in [9.17, 15) is 4.79 Å². The summed E-state index contributed by atoms with van der Waals surface area (Å²) >= 11 is 0. The molecule has 0 saturated carbocycles. The molecule has 2 nitrogen and oxygen atoms in total. The summed E-state index contributed by atoms with van der Waals surface area (Å²) in [4.78, 5) is 9.25.